The van der Waals surface area contributed by atoms with Crippen LogP contribution >= 0.6 is 0 Å². The number of hydrogen-bond acceptors (Lipinski definition) is 3. The highest BCUT2D eigenvalue weighted by atomic mass is 19.4. The average molecular weight is 351 g/mol. The van der Waals surface area contributed by atoms with Gasteiger partial charge in [0.15, 0.2) is 5.76 Å². The molecule has 0 spiro atoms. The summed E-state index contributed by atoms with van der Waals surface area (Å²) in [6.45, 7) is 0. The van der Waals surface area contributed by atoms with E-state index in [1.807, 2.05) is 0 Å². The van der Waals surface area contributed by atoms with E-state index in [9.17, 15) is 32.3 Å². The second kappa shape index (κ2) is 5.73. The van der Waals surface area contributed by atoms with Gasteiger partial charge in [0.2, 0.25) is 0 Å². The number of alkyl halides is 3. The molecule has 1 aliphatic rings. The monoisotopic (exact) mass is 351 g/mol. The van der Waals surface area contributed by atoms with Crippen molar-refractivity contribution in [3.63, 3.8) is 0 Å². The molecule has 0 aliphatic carbocycles. The van der Waals surface area contributed by atoms with Crippen LogP contribution in [0.4, 0.5) is 23.2 Å². The predicted octanol–water partition coefficient (Wildman–Crippen LogP) is 3.69. The molecule has 0 fully saturated rings. The highest BCUT2D eigenvalue weighted by molar-refractivity contribution is 6.44. The van der Waals surface area contributed by atoms with Gasteiger partial charge in [0.25, 0.3) is 5.91 Å². The first-order valence-corrected chi connectivity index (χ1v) is 6.95. The van der Waals surface area contributed by atoms with Crippen LogP contribution in [0.25, 0.3) is 5.57 Å². The van der Waals surface area contributed by atoms with Crippen molar-refractivity contribution >= 4 is 23.1 Å². The number of hydrogen-bond donors (Lipinski definition) is 1. The summed E-state index contributed by atoms with van der Waals surface area (Å²) in [5.74, 6) is -3.64. The zero-order valence-corrected chi connectivity index (χ0v) is 12.3. The second-order valence-corrected chi connectivity index (χ2v) is 5.22. The SMILES string of the molecule is O=C1C(O)=C(c2ccc(F)cc2)C(=O)N1c1cccc(C(F)(F)F)c1. The molecule has 2 aromatic rings. The Morgan fingerprint density at radius 1 is 0.920 bits per heavy atom. The van der Waals surface area contributed by atoms with Crippen molar-refractivity contribution in [1.29, 1.82) is 0 Å². The van der Waals surface area contributed by atoms with E-state index in [1.54, 1.807) is 0 Å². The van der Waals surface area contributed by atoms with E-state index in [0.717, 1.165) is 30.3 Å². The topological polar surface area (TPSA) is 57.6 Å². The number of nitrogens with zero attached hydrogens (tertiary/aromatic N) is 1. The Balaban J connectivity index is 2.03. The number of aliphatic hydroxyl groups excluding tert-OH is 1. The van der Waals surface area contributed by atoms with Gasteiger partial charge in [0, 0.05) is 0 Å². The number of halogens is 4. The normalized spacial score (nSPS) is 15.3. The first-order chi connectivity index (χ1) is 11.7. The quantitative estimate of drug-likeness (QED) is 0.663. The summed E-state index contributed by atoms with van der Waals surface area (Å²) >= 11 is 0. The number of rotatable bonds is 2. The van der Waals surface area contributed by atoms with Gasteiger partial charge in [-0.3, -0.25) is 9.59 Å². The average Bonchev–Trinajstić information content (AvgIpc) is 2.78. The first-order valence-electron chi connectivity index (χ1n) is 6.95. The van der Waals surface area contributed by atoms with Crippen LogP contribution in [0.3, 0.4) is 0 Å². The standard InChI is InChI=1S/C17H9F4NO3/c18-11-6-4-9(5-7-11)13-14(23)16(25)22(15(13)24)12-3-1-2-10(8-12)17(19,20)21/h1-8,23H. The van der Waals surface area contributed by atoms with Crippen molar-refractivity contribution in [1.82, 2.24) is 0 Å². The Morgan fingerprint density at radius 3 is 2.16 bits per heavy atom. The van der Waals surface area contributed by atoms with E-state index in [-0.39, 0.29) is 11.3 Å². The van der Waals surface area contributed by atoms with Crippen LogP contribution in [-0.4, -0.2) is 16.9 Å². The van der Waals surface area contributed by atoms with Crippen molar-refractivity contribution in [2.24, 2.45) is 0 Å². The zero-order chi connectivity index (χ0) is 18.4. The molecule has 1 aliphatic heterocycles. The van der Waals surface area contributed by atoms with Crippen LogP contribution in [0.5, 0.6) is 0 Å². The summed E-state index contributed by atoms with van der Waals surface area (Å²) in [6.07, 6.45) is -4.66. The van der Waals surface area contributed by atoms with Gasteiger partial charge in [0.05, 0.1) is 16.8 Å². The van der Waals surface area contributed by atoms with Gasteiger partial charge in [-0.15, -0.1) is 0 Å². The molecule has 0 saturated carbocycles. The number of carbonyl (C=O) groups excluding carboxylic acids is 2. The molecule has 1 N–H and O–H groups in total. The smallest absolute Gasteiger partial charge is 0.416 e. The van der Waals surface area contributed by atoms with Gasteiger partial charge in [-0.05, 0) is 35.9 Å². The molecule has 0 radical (unpaired) electrons. The second-order valence-electron chi connectivity index (χ2n) is 5.22. The van der Waals surface area contributed by atoms with Gasteiger partial charge in [-0.25, -0.2) is 9.29 Å². The van der Waals surface area contributed by atoms with Crippen molar-refractivity contribution in [2.45, 2.75) is 6.18 Å². The number of benzene rings is 2. The van der Waals surface area contributed by atoms with Gasteiger partial charge < -0.3 is 5.11 Å². The highest BCUT2D eigenvalue weighted by Crippen LogP contribution is 2.35. The van der Waals surface area contributed by atoms with Crippen molar-refractivity contribution < 1.29 is 32.3 Å². The van der Waals surface area contributed by atoms with E-state index < -0.39 is 40.7 Å². The molecule has 0 atom stereocenters. The maximum Gasteiger partial charge on any atom is 0.416 e. The van der Waals surface area contributed by atoms with Gasteiger partial charge in [-0.1, -0.05) is 18.2 Å². The molecule has 0 saturated heterocycles. The number of aliphatic hydroxyl groups is 1. The third-order valence-electron chi connectivity index (χ3n) is 3.62. The van der Waals surface area contributed by atoms with Gasteiger partial charge in [0.1, 0.15) is 5.82 Å². The molecular weight excluding hydrogens is 342 g/mol. The van der Waals surface area contributed by atoms with Crippen LogP contribution in [0, 0.1) is 5.82 Å². The van der Waals surface area contributed by atoms with Crippen molar-refractivity contribution in [2.75, 3.05) is 4.90 Å². The van der Waals surface area contributed by atoms with Crippen molar-refractivity contribution in [3.05, 3.63) is 71.2 Å². The summed E-state index contributed by atoms with van der Waals surface area (Å²) in [5.41, 5.74) is -1.69. The number of amides is 2. The van der Waals surface area contributed by atoms with Crippen LogP contribution in [-0.2, 0) is 15.8 Å². The molecule has 25 heavy (non-hydrogen) atoms. The lowest BCUT2D eigenvalue weighted by molar-refractivity contribution is -0.137. The maximum absolute atomic E-state index is 13.0. The fraction of sp³-hybridized carbons (Fsp3) is 0.0588. The molecule has 128 valence electrons. The minimum absolute atomic E-state index is 0.0757. The molecule has 4 nitrogen and oxygen atoms in total. The Bertz CT molecular complexity index is 901. The van der Waals surface area contributed by atoms with E-state index in [2.05, 4.69) is 0 Å². The van der Waals surface area contributed by atoms with E-state index in [4.69, 9.17) is 0 Å². The molecule has 0 unspecified atom stereocenters. The number of imide groups is 1. The highest BCUT2D eigenvalue weighted by Gasteiger charge is 2.41. The minimum atomic E-state index is -4.66. The number of anilines is 1. The van der Waals surface area contributed by atoms with E-state index in [0.29, 0.717) is 11.0 Å². The van der Waals surface area contributed by atoms with Crippen molar-refractivity contribution in [3.8, 4) is 0 Å². The molecule has 2 aromatic carbocycles. The van der Waals surface area contributed by atoms with Crippen LogP contribution in [0.2, 0.25) is 0 Å². The van der Waals surface area contributed by atoms with Crippen LogP contribution in [0.1, 0.15) is 11.1 Å². The Labute approximate surface area is 138 Å². The first kappa shape index (κ1) is 16.7. The third-order valence-corrected chi connectivity index (χ3v) is 3.62. The minimum Gasteiger partial charge on any atom is -0.502 e. The molecule has 0 bridgehead atoms. The maximum atomic E-state index is 13.0. The number of carbonyl (C=O) groups is 2. The third kappa shape index (κ3) is 2.86. The van der Waals surface area contributed by atoms with Crippen LogP contribution in [0.15, 0.2) is 54.3 Å². The summed E-state index contributed by atoms with van der Waals surface area (Å²) < 4.78 is 51.5. The summed E-state index contributed by atoms with van der Waals surface area (Å²) in [7, 11) is 0. The molecular formula is C17H9F4NO3. The molecule has 3 rings (SSSR count). The molecule has 0 aromatic heterocycles. The Hall–Kier alpha value is -3.16. The predicted molar refractivity (Wildman–Crippen MR) is 79.9 cm³/mol. The zero-order valence-electron chi connectivity index (χ0n) is 12.3. The fourth-order valence-corrected chi connectivity index (χ4v) is 2.45. The largest absolute Gasteiger partial charge is 0.502 e. The molecule has 8 heteroatoms. The van der Waals surface area contributed by atoms with Gasteiger partial charge in [-0.2, -0.15) is 13.2 Å². The molecule has 2 amide bonds. The van der Waals surface area contributed by atoms with E-state index >= 15 is 0 Å². The summed E-state index contributed by atoms with van der Waals surface area (Å²) in [5, 5.41) is 9.96. The van der Waals surface area contributed by atoms with Crippen LogP contribution < -0.4 is 4.90 Å². The lowest BCUT2D eigenvalue weighted by atomic mass is 10.1. The Morgan fingerprint density at radius 2 is 1.56 bits per heavy atom. The van der Waals surface area contributed by atoms with E-state index in [1.165, 1.54) is 12.1 Å². The lowest BCUT2D eigenvalue weighted by Crippen LogP contribution is -2.31. The Kier molecular flexibility index (Phi) is 3.82. The van der Waals surface area contributed by atoms with Gasteiger partial charge >= 0.3 is 12.1 Å². The summed E-state index contributed by atoms with van der Waals surface area (Å²) in [4.78, 5) is 25.1. The fourth-order valence-electron chi connectivity index (χ4n) is 2.45. The lowest BCUT2D eigenvalue weighted by Gasteiger charge is -2.16. The molecule has 1 heterocycles. The summed E-state index contributed by atoms with van der Waals surface area (Å²) in [6, 6.07) is 8.04.